The molecule has 0 aliphatic carbocycles. The van der Waals surface area contributed by atoms with Crippen molar-refractivity contribution in [2.75, 3.05) is 11.5 Å². The van der Waals surface area contributed by atoms with Crippen LogP contribution in [0.2, 0.25) is 0 Å². The van der Waals surface area contributed by atoms with Gasteiger partial charge in [-0.1, -0.05) is 20.8 Å². The molecule has 11 heavy (non-hydrogen) atoms. The summed E-state index contributed by atoms with van der Waals surface area (Å²) in [6, 6.07) is 0.347. The van der Waals surface area contributed by atoms with Gasteiger partial charge in [0.25, 0.3) is 0 Å². The van der Waals surface area contributed by atoms with E-state index in [0.29, 0.717) is 11.5 Å². The third kappa shape index (κ3) is 10.3. The van der Waals surface area contributed by atoms with E-state index in [2.05, 4.69) is 27.7 Å². The number of rotatable bonds is 4. The van der Waals surface area contributed by atoms with Crippen molar-refractivity contribution in [1.29, 1.82) is 0 Å². The number of thioether (sulfide) groups is 1. The highest BCUT2D eigenvalue weighted by Crippen LogP contribution is 2.21. The molecule has 0 heterocycles. The molecule has 0 radical (unpaired) electrons. The van der Waals surface area contributed by atoms with E-state index < -0.39 is 0 Å². The minimum atomic E-state index is 0.347. The van der Waals surface area contributed by atoms with Crippen LogP contribution in [0.1, 0.15) is 34.1 Å². The van der Waals surface area contributed by atoms with Crippen molar-refractivity contribution in [3.8, 4) is 0 Å². The summed E-state index contributed by atoms with van der Waals surface area (Å²) in [5, 5.41) is 0. The molecule has 0 saturated carbocycles. The van der Waals surface area contributed by atoms with E-state index in [-0.39, 0.29) is 0 Å². The maximum absolute atomic E-state index is 5.62. The Morgan fingerprint density at radius 3 is 2.27 bits per heavy atom. The molecule has 0 aromatic heterocycles. The first-order chi connectivity index (χ1) is 4.92. The zero-order chi connectivity index (χ0) is 8.91. The fraction of sp³-hybridized carbons (Fsp3) is 1.00. The van der Waals surface area contributed by atoms with Gasteiger partial charge in [-0.2, -0.15) is 11.8 Å². The molecule has 0 rings (SSSR count). The lowest BCUT2D eigenvalue weighted by atomic mass is 9.94. The minimum Gasteiger partial charge on any atom is -0.327 e. The van der Waals surface area contributed by atoms with Crippen molar-refractivity contribution in [3.05, 3.63) is 0 Å². The molecular formula is C9H21NS. The minimum absolute atomic E-state index is 0.347. The van der Waals surface area contributed by atoms with Gasteiger partial charge in [-0.05, 0) is 24.5 Å². The van der Waals surface area contributed by atoms with E-state index in [0.717, 1.165) is 5.75 Å². The fourth-order valence-electron chi connectivity index (χ4n) is 0.648. The molecule has 0 amide bonds. The Morgan fingerprint density at radius 2 is 1.91 bits per heavy atom. The Labute approximate surface area is 75.1 Å². The van der Waals surface area contributed by atoms with Crippen LogP contribution in [-0.2, 0) is 0 Å². The molecule has 0 bridgehead atoms. The lowest BCUT2D eigenvalue weighted by Gasteiger charge is -2.17. The van der Waals surface area contributed by atoms with Gasteiger partial charge in [0.1, 0.15) is 0 Å². The summed E-state index contributed by atoms with van der Waals surface area (Å²) in [5.41, 5.74) is 6.10. The predicted octanol–water partition coefficient (Wildman–Crippen LogP) is 2.50. The molecule has 0 aromatic carbocycles. The maximum atomic E-state index is 5.62. The van der Waals surface area contributed by atoms with Crippen LogP contribution in [0.3, 0.4) is 0 Å². The molecule has 0 saturated heterocycles. The molecule has 1 unspecified atom stereocenters. The van der Waals surface area contributed by atoms with Crippen molar-refractivity contribution >= 4 is 11.8 Å². The summed E-state index contributed by atoms with van der Waals surface area (Å²) in [7, 11) is 0. The molecule has 2 N–H and O–H groups in total. The van der Waals surface area contributed by atoms with E-state index >= 15 is 0 Å². The van der Waals surface area contributed by atoms with Crippen LogP contribution in [-0.4, -0.2) is 17.5 Å². The fourth-order valence-corrected chi connectivity index (χ4v) is 1.94. The lowest BCUT2D eigenvalue weighted by Crippen LogP contribution is -2.18. The average molecular weight is 175 g/mol. The van der Waals surface area contributed by atoms with Crippen LogP contribution >= 0.6 is 11.8 Å². The van der Waals surface area contributed by atoms with Crippen LogP contribution in [0.5, 0.6) is 0 Å². The van der Waals surface area contributed by atoms with Gasteiger partial charge >= 0.3 is 0 Å². The van der Waals surface area contributed by atoms with Crippen molar-refractivity contribution in [1.82, 2.24) is 0 Å². The first-order valence-electron chi connectivity index (χ1n) is 4.25. The van der Waals surface area contributed by atoms with Crippen LogP contribution in [0.4, 0.5) is 0 Å². The predicted molar refractivity (Wildman–Crippen MR) is 55.0 cm³/mol. The van der Waals surface area contributed by atoms with Crippen LogP contribution < -0.4 is 5.73 Å². The van der Waals surface area contributed by atoms with Gasteiger partial charge in [0.2, 0.25) is 0 Å². The summed E-state index contributed by atoms with van der Waals surface area (Å²) < 4.78 is 0. The molecule has 68 valence electrons. The van der Waals surface area contributed by atoms with E-state index in [1.54, 1.807) is 0 Å². The first kappa shape index (κ1) is 11.3. The second-order valence-corrected chi connectivity index (χ2v) is 5.51. The zero-order valence-electron chi connectivity index (χ0n) is 8.18. The van der Waals surface area contributed by atoms with Gasteiger partial charge in [-0.25, -0.2) is 0 Å². The third-order valence-corrected chi connectivity index (χ3v) is 2.63. The Hall–Kier alpha value is 0.310. The summed E-state index contributed by atoms with van der Waals surface area (Å²) in [6.45, 7) is 8.89. The number of nitrogens with two attached hydrogens (primary N) is 1. The van der Waals surface area contributed by atoms with Gasteiger partial charge < -0.3 is 5.73 Å². The second kappa shape index (κ2) is 5.04. The van der Waals surface area contributed by atoms with Crippen molar-refractivity contribution in [2.45, 2.75) is 40.2 Å². The maximum Gasteiger partial charge on any atom is 0.0101 e. The molecule has 1 nitrogen and oxygen atoms in total. The van der Waals surface area contributed by atoms with E-state index in [4.69, 9.17) is 5.73 Å². The molecular weight excluding hydrogens is 154 g/mol. The van der Waals surface area contributed by atoms with Crippen molar-refractivity contribution in [3.63, 3.8) is 0 Å². The monoisotopic (exact) mass is 175 g/mol. The third-order valence-electron chi connectivity index (χ3n) is 1.38. The largest absolute Gasteiger partial charge is 0.327 e. The Balaban J connectivity index is 3.15. The molecule has 2 heteroatoms. The highest BCUT2D eigenvalue weighted by atomic mass is 32.2. The van der Waals surface area contributed by atoms with Crippen LogP contribution in [0, 0.1) is 5.41 Å². The van der Waals surface area contributed by atoms with E-state index in [1.807, 2.05) is 11.8 Å². The summed E-state index contributed by atoms with van der Waals surface area (Å²) in [5.74, 6) is 2.33. The smallest absolute Gasteiger partial charge is 0.0101 e. The SMILES string of the molecule is CC(N)CSCCC(C)(C)C. The Morgan fingerprint density at radius 1 is 1.36 bits per heavy atom. The average Bonchev–Trinajstić information content (AvgIpc) is 1.78. The second-order valence-electron chi connectivity index (χ2n) is 4.36. The zero-order valence-corrected chi connectivity index (χ0v) is 9.00. The first-order valence-corrected chi connectivity index (χ1v) is 5.40. The van der Waals surface area contributed by atoms with Crippen molar-refractivity contribution < 1.29 is 0 Å². The van der Waals surface area contributed by atoms with Gasteiger partial charge in [-0.15, -0.1) is 0 Å². The number of hydrogen-bond acceptors (Lipinski definition) is 2. The molecule has 1 atom stereocenters. The molecule has 0 fully saturated rings. The standard InChI is InChI=1S/C9H21NS/c1-8(10)7-11-6-5-9(2,3)4/h8H,5-7,10H2,1-4H3. The summed E-state index contributed by atoms with van der Waals surface area (Å²) >= 11 is 1.96. The van der Waals surface area contributed by atoms with Crippen LogP contribution in [0.15, 0.2) is 0 Å². The van der Waals surface area contributed by atoms with Gasteiger partial charge in [0.05, 0.1) is 0 Å². The highest BCUT2D eigenvalue weighted by molar-refractivity contribution is 7.99. The number of hydrogen-bond donors (Lipinski definition) is 1. The topological polar surface area (TPSA) is 26.0 Å². The quantitative estimate of drug-likeness (QED) is 0.664. The van der Waals surface area contributed by atoms with E-state index in [9.17, 15) is 0 Å². The van der Waals surface area contributed by atoms with Crippen molar-refractivity contribution in [2.24, 2.45) is 11.1 Å². The summed E-state index contributed by atoms with van der Waals surface area (Å²) in [6.07, 6.45) is 1.28. The molecule has 0 aliphatic rings. The summed E-state index contributed by atoms with van der Waals surface area (Å²) in [4.78, 5) is 0. The van der Waals surface area contributed by atoms with Gasteiger partial charge in [-0.3, -0.25) is 0 Å². The normalized spacial score (nSPS) is 15.0. The van der Waals surface area contributed by atoms with E-state index in [1.165, 1.54) is 12.2 Å². The van der Waals surface area contributed by atoms with Crippen LogP contribution in [0.25, 0.3) is 0 Å². The Kier molecular flexibility index (Phi) is 5.19. The lowest BCUT2D eigenvalue weighted by molar-refractivity contribution is 0.401. The van der Waals surface area contributed by atoms with Gasteiger partial charge in [0, 0.05) is 11.8 Å². The van der Waals surface area contributed by atoms with Gasteiger partial charge in [0.15, 0.2) is 0 Å². The molecule has 0 aliphatic heterocycles. The Bertz CT molecular complexity index is 94.2. The molecule has 0 aromatic rings. The molecule has 0 spiro atoms. The highest BCUT2D eigenvalue weighted by Gasteiger charge is 2.09.